The van der Waals surface area contributed by atoms with Gasteiger partial charge in [-0.3, -0.25) is 19.7 Å². The van der Waals surface area contributed by atoms with Crippen molar-refractivity contribution >= 4 is 35.3 Å². The molecule has 0 aliphatic heterocycles. The molecule has 2 aromatic rings. The van der Waals surface area contributed by atoms with E-state index in [9.17, 15) is 24.8 Å². The summed E-state index contributed by atoms with van der Waals surface area (Å²) in [4.78, 5) is 35.0. The van der Waals surface area contributed by atoms with Gasteiger partial charge in [-0.2, -0.15) is 5.10 Å². The molecule has 2 rings (SSSR count). The van der Waals surface area contributed by atoms with Gasteiger partial charge >= 0.3 is 0 Å². The number of rotatable bonds is 10. The minimum absolute atomic E-state index is 0.0558. The van der Waals surface area contributed by atoms with Crippen LogP contribution in [0.5, 0.6) is 11.5 Å². The van der Waals surface area contributed by atoms with Crippen LogP contribution in [0.3, 0.4) is 0 Å². The second-order valence-electron chi connectivity index (χ2n) is 7.23. The second kappa shape index (κ2) is 11.7. The number of hydrogen-bond acceptors (Lipinski definition) is 7. The zero-order valence-electron chi connectivity index (χ0n) is 17.4. The van der Waals surface area contributed by atoms with Crippen LogP contribution in [-0.2, 0) is 9.59 Å². The SMILES string of the molecule is CC(C)C[C@H](NC(=O)COc1ccc(Cl)cc1)C(=O)N/N=C\c1cc([N+](=O)[O-])ccc1O. The quantitative estimate of drug-likeness (QED) is 0.281. The number of nitrogens with one attached hydrogen (secondary N) is 2. The lowest BCUT2D eigenvalue weighted by Gasteiger charge is -2.19. The van der Waals surface area contributed by atoms with Crippen molar-refractivity contribution in [3.8, 4) is 11.5 Å². The number of aromatic hydroxyl groups is 1. The molecule has 3 N–H and O–H groups in total. The number of non-ortho nitro benzene ring substituents is 1. The minimum Gasteiger partial charge on any atom is -0.507 e. The lowest BCUT2D eigenvalue weighted by Crippen LogP contribution is -2.47. The summed E-state index contributed by atoms with van der Waals surface area (Å²) < 4.78 is 5.38. The van der Waals surface area contributed by atoms with Gasteiger partial charge in [-0.05, 0) is 42.7 Å². The summed E-state index contributed by atoms with van der Waals surface area (Å²) in [6.07, 6.45) is 1.42. The van der Waals surface area contributed by atoms with E-state index in [0.29, 0.717) is 17.2 Å². The van der Waals surface area contributed by atoms with Gasteiger partial charge in [-0.25, -0.2) is 5.43 Å². The number of hydrazone groups is 1. The number of hydrogen-bond donors (Lipinski definition) is 3. The first kappa shape index (κ1) is 24.6. The van der Waals surface area contributed by atoms with Crippen LogP contribution in [0.15, 0.2) is 47.6 Å². The predicted octanol–water partition coefficient (Wildman–Crippen LogP) is 3.01. The number of carbonyl (C=O) groups is 2. The number of nitrogens with zero attached hydrogens (tertiary/aromatic N) is 2. The Morgan fingerprint density at radius 1 is 1.25 bits per heavy atom. The minimum atomic E-state index is -0.882. The fourth-order valence-corrected chi connectivity index (χ4v) is 2.75. The molecule has 0 saturated heterocycles. The lowest BCUT2D eigenvalue weighted by atomic mass is 10.0. The average molecular weight is 463 g/mol. The van der Waals surface area contributed by atoms with E-state index in [1.54, 1.807) is 24.3 Å². The molecule has 0 aromatic heterocycles. The fourth-order valence-electron chi connectivity index (χ4n) is 2.62. The number of carbonyl (C=O) groups excluding carboxylic acids is 2. The van der Waals surface area contributed by atoms with Crippen molar-refractivity contribution in [2.75, 3.05) is 6.61 Å². The average Bonchev–Trinajstić information content (AvgIpc) is 2.73. The number of phenolic OH excluding ortho intramolecular Hbond substituents is 1. The largest absolute Gasteiger partial charge is 0.507 e. The zero-order chi connectivity index (χ0) is 23.7. The molecule has 0 aliphatic rings. The maximum atomic E-state index is 12.5. The Morgan fingerprint density at radius 2 is 1.94 bits per heavy atom. The van der Waals surface area contributed by atoms with Crippen LogP contribution in [0.25, 0.3) is 0 Å². The van der Waals surface area contributed by atoms with Crippen molar-refractivity contribution in [3.05, 3.63) is 63.2 Å². The summed E-state index contributed by atoms with van der Waals surface area (Å²) in [5.74, 6) is -0.774. The molecule has 2 aromatic carbocycles. The number of nitro groups is 1. The van der Waals surface area contributed by atoms with Crippen molar-refractivity contribution in [3.63, 3.8) is 0 Å². The number of halogens is 1. The highest BCUT2D eigenvalue weighted by molar-refractivity contribution is 6.30. The van der Waals surface area contributed by atoms with Gasteiger partial charge in [0.05, 0.1) is 11.1 Å². The summed E-state index contributed by atoms with van der Waals surface area (Å²) in [6, 6.07) is 9.02. The predicted molar refractivity (Wildman–Crippen MR) is 119 cm³/mol. The van der Waals surface area contributed by atoms with Crippen LogP contribution in [-0.4, -0.2) is 40.7 Å². The van der Waals surface area contributed by atoms with E-state index >= 15 is 0 Å². The van der Waals surface area contributed by atoms with E-state index in [4.69, 9.17) is 16.3 Å². The standard InChI is InChI=1S/C21H23ClN4O6/c1-13(2)9-18(24-20(28)12-32-17-6-3-15(22)4-7-17)21(29)25-23-11-14-10-16(26(30)31)5-8-19(14)27/h3-8,10-11,13,18,27H,9,12H2,1-2H3,(H,24,28)(H,25,29)/b23-11-/t18-/m0/s1. The molecule has 170 valence electrons. The Labute approximate surface area is 189 Å². The highest BCUT2D eigenvalue weighted by atomic mass is 35.5. The molecular formula is C21H23ClN4O6. The maximum Gasteiger partial charge on any atom is 0.270 e. The van der Waals surface area contributed by atoms with Crippen LogP contribution < -0.4 is 15.5 Å². The molecule has 32 heavy (non-hydrogen) atoms. The smallest absolute Gasteiger partial charge is 0.270 e. The number of nitro benzene ring substituents is 1. The van der Waals surface area contributed by atoms with Crippen molar-refractivity contribution in [2.24, 2.45) is 11.0 Å². The summed E-state index contributed by atoms with van der Waals surface area (Å²) in [7, 11) is 0. The summed E-state index contributed by atoms with van der Waals surface area (Å²) in [6.45, 7) is 3.48. The molecule has 0 unspecified atom stereocenters. The van der Waals surface area contributed by atoms with Gasteiger partial charge in [0.15, 0.2) is 6.61 Å². The number of amides is 2. The Kier molecular flexibility index (Phi) is 8.96. The molecular weight excluding hydrogens is 440 g/mol. The van der Waals surface area contributed by atoms with Crippen molar-refractivity contribution in [1.82, 2.24) is 10.7 Å². The Hall–Kier alpha value is -3.66. The normalized spacial score (nSPS) is 11.9. The van der Waals surface area contributed by atoms with Gasteiger partial charge in [0.2, 0.25) is 0 Å². The van der Waals surface area contributed by atoms with Crippen molar-refractivity contribution in [2.45, 2.75) is 26.3 Å². The van der Waals surface area contributed by atoms with E-state index < -0.39 is 22.8 Å². The lowest BCUT2D eigenvalue weighted by molar-refractivity contribution is -0.384. The third-order valence-corrected chi connectivity index (χ3v) is 4.39. The molecule has 10 nitrogen and oxygen atoms in total. The monoisotopic (exact) mass is 462 g/mol. The summed E-state index contributed by atoms with van der Waals surface area (Å²) in [5.41, 5.74) is 2.10. The molecule has 0 radical (unpaired) electrons. The number of benzene rings is 2. The first-order valence-corrected chi connectivity index (χ1v) is 10.0. The van der Waals surface area contributed by atoms with Crippen molar-refractivity contribution < 1.29 is 24.4 Å². The zero-order valence-corrected chi connectivity index (χ0v) is 18.2. The van der Waals surface area contributed by atoms with Gasteiger partial charge in [0.1, 0.15) is 17.5 Å². The van der Waals surface area contributed by atoms with Gasteiger partial charge < -0.3 is 15.2 Å². The third-order valence-electron chi connectivity index (χ3n) is 4.14. The first-order valence-electron chi connectivity index (χ1n) is 9.63. The third kappa shape index (κ3) is 7.88. The van der Waals surface area contributed by atoms with E-state index in [1.165, 1.54) is 0 Å². The molecule has 0 bridgehead atoms. The van der Waals surface area contributed by atoms with Crippen LogP contribution in [0.1, 0.15) is 25.8 Å². The highest BCUT2D eigenvalue weighted by Gasteiger charge is 2.22. The molecule has 0 saturated carbocycles. The topological polar surface area (TPSA) is 143 Å². The van der Waals surface area contributed by atoms with E-state index in [0.717, 1.165) is 24.4 Å². The maximum absolute atomic E-state index is 12.5. The Morgan fingerprint density at radius 3 is 2.56 bits per heavy atom. The molecule has 0 aliphatic carbocycles. The van der Waals surface area contributed by atoms with E-state index in [-0.39, 0.29) is 29.5 Å². The second-order valence-corrected chi connectivity index (χ2v) is 7.66. The van der Waals surface area contributed by atoms with Gasteiger partial charge in [-0.15, -0.1) is 0 Å². The molecule has 0 fully saturated rings. The number of phenols is 1. The van der Waals surface area contributed by atoms with Crippen LogP contribution in [0, 0.1) is 16.0 Å². The van der Waals surface area contributed by atoms with Gasteiger partial charge in [0.25, 0.3) is 17.5 Å². The van der Waals surface area contributed by atoms with Crippen LogP contribution in [0.2, 0.25) is 5.02 Å². The molecule has 0 heterocycles. The summed E-state index contributed by atoms with van der Waals surface area (Å²) >= 11 is 5.80. The summed E-state index contributed by atoms with van der Waals surface area (Å²) in [5, 5.41) is 27.5. The molecule has 11 heteroatoms. The Bertz CT molecular complexity index is 994. The molecule has 1 atom stereocenters. The van der Waals surface area contributed by atoms with E-state index in [2.05, 4.69) is 15.8 Å². The number of ether oxygens (including phenoxy) is 1. The van der Waals surface area contributed by atoms with Gasteiger partial charge in [-0.1, -0.05) is 25.4 Å². The van der Waals surface area contributed by atoms with Crippen LogP contribution >= 0.6 is 11.6 Å². The van der Waals surface area contributed by atoms with Gasteiger partial charge in [0, 0.05) is 22.7 Å². The molecule has 2 amide bonds. The van der Waals surface area contributed by atoms with E-state index in [1.807, 2.05) is 13.8 Å². The molecule has 0 spiro atoms. The van der Waals surface area contributed by atoms with Crippen molar-refractivity contribution in [1.29, 1.82) is 0 Å². The van der Waals surface area contributed by atoms with Crippen LogP contribution in [0.4, 0.5) is 5.69 Å². The highest BCUT2D eigenvalue weighted by Crippen LogP contribution is 2.21. The Balaban J connectivity index is 1.97. The first-order chi connectivity index (χ1) is 15.2. The fraction of sp³-hybridized carbons (Fsp3) is 0.286.